The lowest BCUT2D eigenvalue weighted by molar-refractivity contribution is -0.141. The number of aryl methyl sites for hydroxylation is 1. The van der Waals surface area contributed by atoms with Gasteiger partial charge in [0.25, 0.3) is 10.0 Å². The molecule has 12 heteroatoms. The van der Waals surface area contributed by atoms with Gasteiger partial charge < -0.3 is 10.2 Å². The number of hydrogen-bond acceptors (Lipinski definition) is 4. The van der Waals surface area contributed by atoms with Crippen LogP contribution >= 0.6 is 46.4 Å². The Bertz CT molecular complexity index is 1540. The van der Waals surface area contributed by atoms with E-state index in [0.717, 1.165) is 9.87 Å². The maximum Gasteiger partial charge on any atom is 0.264 e. The van der Waals surface area contributed by atoms with Crippen LogP contribution in [0.5, 0.6) is 0 Å². The molecule has 0 saturated heterocycles. The zero-order valence-electron chi connectivity index (χ0n) is 23.9. The van der Waals surface area contributed by atoms with Crippen LogP contribution in [0.2, 0.25) is 20.1 Å². The van der Waals surface area contributed by atoms with E-state index in [-0.39, 0.29) is 39.5 Å². The molecule has 3 aromatic rings. The molecule has 42 heavy (non-hydrogen) atoms. The Labute approximate surface area is 267 Å². The van der Waals surface area contributed by atoms with E-state index < -0.39 is 34.1 Å². The summed E-state index contributed by atoms with van der Waals surface area (Å²) in [5.41, 5.74) is 0.924. The van der Waals surface area contributed by atoms with Crippen molar-refractivity contribution >= 4 is 73.9 Å². The van der Waals surface area contributed by atoms with Gasteiger partial charge in [-0.1, -0.05) is 77.1 Å². The molecule has 0 unspecified atom stereocenters. The quantitative estimate of drug-likeness (QED) is 0.241. The summed E-state index contributed by atoms with van der Waals surface area (Å²) in [6.45, 7) is 8.39. The fourth-order valence-corrected chi connectivity index (χ4v) is 6.64. The smallest absolute Gasteiger partial charge is 0.264 e. The third-order valence-electron chi connectivity index (χ3n) is 6.26. The lowest BCUT2D eigenvalue weighted by Gasteiger charge is -2.35. The molecule has 1 N–H and O–H groups in total. The molecule has 0 aliphatic rings. The molecule has 0 bridgehead atoms. The van der Waals surface area contributed by atoms with Crippen LogP contribution in [0.1, 0.15) is 45.2 Å². The number of sulfonamides is 1. The summed E-state index contributed by atoms with van der Waals surface area (Å²) in [7, 11) is -4.28. The van der Waals surface area contributed by atoms with Gasteiger partial charge in [-0.2, -0.15) is 0 Å². The zero-order chi connectivity index (χ0) is 31.4. The average molecular weight is 673 g/mol. The number of nitrogens with one attached hydrogen (secondary N) is 1. The van der Waals surface area contributed by atoms with Crippen LogP contribution in [-0.2, 0) is 26.2 Å². The van der Waals surface area contributed by atoms with Crippen molar-refractivity contribution in [2.24, 2.45) is 0 Å². The highest BCUT2D eigenvalue weighted by atomic mass is 35.5. The Balaban J connectivity index is 2.13. The van der Waals surface area contributed by atoms with Crippen molar-refractivity contribution in [1.29, 1.82) is 0 Å². The topological polar surface area (TPSA) is 86.8 Å². The summed E-state index contributed by atoms with van der Waals surface area (Å²) < 4.78 is 28.9. The van der Waals surface area contributed by atoms with Crippen LogP contribution < -0.4 is 9.62 Å². The van der Waals surface area contributed by atoms with Gasteiger partial charge >= 0.3 is 0 Å². The first kappa shape index (κ1) is 34.0. The van der Waals surface area contributed by atoms with Gasteiger partial charge in [-0.15, -0.1) is 0 Å². The number of nitrogens with zero attached hydrogens (tertiary/aromatic N) is 2. The molecule has 7 nitrogen and oxygen atoms in total. The van der Waals surface area contributed by atoms with Gasteiger partial charge in [-0.05, 0) is 82.1 Å². The van der Waals surface area contributed by atoms with Gasteiger partial charge in [0.05, 0.1) is 10.6 Å². The highest BCUT2D eigenvalue weighted by molar-refractivity contribution is 7.92. The van der Waals surface area contributed by atoms with Crippen LogP contribution in [0, 0.1) is 6.92 Å². The molecule has 0 fully saturated rings. The van der Waals surface area contributed by atoms with Gasteiger partial charge in [-0.25, -0.2) is 8.42 Å². The van der Waals surface area contributed by atoms with Crippen molar-refractivity contribution in [3.8, 4) is 0 Å². The number of hydrogen-bond donors (Lipinski definition) is 1. The number of rotatable bonds is 10. The van der Waals surface area contributed by atoms with Crippen molar-refractivity contribution in [3.63, 3.8) is 0 Å². The van der Waals surface area contributed by atoms with Gasteiger partial charge in [0.2, 0.25) is 11.8 Å². The molecule has 0 aliphatic heterocycles. The SMILES string of the molecule is CC[C@H](C(=O)NC(C)(C)C)N(Cc1ccc(Cl)cc1Cl)C(=O)CN(c1cc(Cl)cc(Cl)c1)S(=O)(=O)c1ccc(C)cc1. The van der Waals surface area contributed by atoms with Crippen molar-refractivity contribution in [3.05, 3.63) is 91.9 Å². The standard InChI is InChI=1S/C30H33Cl4N3O4S/c1-6-27(29(39)35-30(3,4)5)36(17-20-9-10-21(31)16-26(20)34)28(38)18-37(24-14-22(32)13-23(33)15-24)42(40,41)25-11-7-19(2)8-12-25/h7-16,27H,6,17-18H2,1-5H3,(H,35,39)/t27-/m1/s1. The van der Waals surface area contributed by atoms with Crippen LogP contribution in [0.15, 0.2) is 65.6 Å². The molecule has 0 aliphatic carbocycles. The van der Waals surface area contributed by atoms with E-state index in [1.54, 1.807) is 37.3 Å². The first-order chi connectivity index (χ1) is 19.5. The number of amides is 2. The molecule has 226 valence electrons. The van der Waals surface area contributed by atoms with E-state index in [9.17, 15) is 18.0 Å². The summed E-state index contributed by atoms with van der Waals surface area (Å²) in [6, 6.07) is 14.4. The summed E-state index contributed by atoms with van der Waals surface area (Å²) in [5, 5.41) is 4.01. The number of halogens is 4. The minimum absolute atomic E-state index is 0.0261. The highest BCUT2D eigenvalue weighted by Crippen LogP contribution is 2.31. The second-order valence-electron chi connectivity index (χ2n) is 10.9. The van der Waals surface area contributed by atoms with Crippen molar-refractivity contribution in [2.45, 2.75) is 64.1 Å². The number of carbonyl (C=O) groups is 2. The Morgan fingerprint density at radius 3 is 2.00 bits per heavy atom. The molecule has 0 radical (unpaired) electrons. The molecule has 3 rings (SSSR count). The van der Waals surface area contributed by atoms with Crippen molar-refractivity contribution in [1.82, 2.24) is 10.2 Å². The van der Waals surface area contributed by atoms with Crippen LogP contribution in [-0.4, -0.2) is 43.3 Å². The molecule has 0 spiro atoms. The second-order valence-corrected chi connectivity index (χ2v) is 14.5. The van der Waals surface area contributed by atoms with E-state index in [1.165, 1.54) is 35.2 Å². The number of benzene rings is 3. The van der Waals surface area contributed by atoms with E-state index >= 15 is 0 Å². The van der Waals surface area contributed by atoms with Gasteiger partial charge in [0.1, 0.15) is 12.6 Å². The van der Waals surface area contributed by atoms with Crippen LogP contribution in [0.25, 0.3) is 0 Å². The van der Waals surface area contributed by atoms with E-state index in [1.807, 2.05) is 27.7 Å². The fourth-order valence-electron chi connectivity index (χ4n) is 4.26. The molecule has 0 saturated carbocycles. The second kappa shape index (κ2) is 13.9. The zero-order valence-corrected chi connectivity index (χ0v) is 27.8. The van der Waals surface area contributed by atoms with E-state index in [4.69, 9.17) is 46.4 Å². The third-order valence-corrected chi connectivity index (χ3v) is 9.07. The van der Waals surface area contributed by atoms with E-state index in [0.29, 0.717) is 15.6 Å². The van der Waals surface area contributed by atoms with Crippen LogP contribution in [0.3, 0.4) is 0 Å². The van der Waals surface area contributed by atoms with Crippen molar-refractivity contribution < 1.29 is 18.0 Å². The maximum atomic E-state index is 14.2. The molecular formula is C30H33Cl4N3O4S. The Morgan fingerprint density at radius 1 is 0.881 bits per heavy atom. The molecular weight excluding hydrogens is 640 g/mol. The largest absolute Gasteiger partial charge is 0.350 e. The summed E-state index contributed by atoms with van der Waals surface area (Å²) >= 11 is 25.0. The predicted octanol–water partition coefficient (Wildman–Crippen LogP) is 7.53. The van der Waals surface area contributed by atoms with Crippen LogP contribution in [0.4, 0.5) is 5.69 Å². The minimum Gasteiger partial charge on any atom is -0.350 e. The Hall–Kier alpha value is -2.49. The first-order valence-corrected chi connectivity index (χ1v) is 16.1. The average Bonchev–Trinajstić information content (AvgIpc) is 2.86. The van der Waals surface area contributed by atoms with Gasteiger partial charge in [0, 0.05) is 32.2 Å². The molecule has 3 aromatic carbocycles. The third kappa shape index (κ3) is 8.77. The summed E-state index contributed by atoms with van der Waals surface area (Å²) in [6.07, 6.45) is 0.257. The van der Waals surface area contributed by atoms with Gasteiger partial charge in [0.15, 0.2) is 0 Å². The molecule has 0 heterocycles. The summed E-state index contributed by atoms with van der Waals surface area (Å²) in [5.74, 6) is -1.02. The lowest BCUT2D eigenvalue weighted by atomic mass is 10.1. The first-order valence-electron chi connectivity index (χ1n) is 13.1. The molecule has 0 aromatic heterocycles. The minimum atomic E-state index is -4.28. The fraction of sp³-hybridized carbons (Fsp3) is 0.333. The maximum absolute atomic E-state index is 14.2. The number of carbonyl (C=O) groups excluding carboxylic acids is 2. The monoisotopic (exact) mass is 671 g/mol. The molecule has 2 amide bonds. The number of anilines is 1. The highest BCUT2D eigenvalue weighted by Gasteiger charge is 2.35. The Morgan fingerprint density at radius 2 is 1.48 bits per heavy atom. The van der Waals surface area contributed by atoms with Crippen molar-refractivity contribution in [2.75, 3.05) is 10.8 Å². The molecule has 1 atom stereocenters. The van der Waals surface area contributed by atoms with E-state index in [2.05, 4.69) is 5.32 Å². The predicted molar refractivity (Wildman–Crippen MR) is 171 cm³/mol. The summed E-state index contributed by atoms with van der Waals surface area (Å²) in [4.78, 5) is 28.9. The normalized spacial score (nSPS) is 12.5. The lowest BCUT2D eigenvalue weighted by Crippen LogP contribution is -2.55. The Kier molecular flexibility index (Phi) is 11.2. The van der Waals surface area contributed by atoms with Gasteiger partial charge in [-0.3, -0.25) is 13.9 Å².